The van der Waals surface area contributed by atoms with Crippen LogP contribution in [-0.2, 0) is 18.4 Å². The highest BCUT2D eigenvalue weighted by Gasteiger charge is 2.29. The molecule has 17 heavy (non-hydrogen) atoms. The van der Waals surface area contributed by atoms with Gasteiger partial charge in [-0.05, 0) is 5.41 Å². The van der Waals surface area contributed by atoms with Crippen LogP contribution in [0.15, 0.2) is 12.4 Å². The first-order valence-electron chi connectivity index (χ1n) is 5.70. The quantitative estimate of drug-likeness (QED) is 0.845. The van der Waals surface area contributed by atoms with Gasteiger partial charge < -0.3 is 15.2 Å². The molecule has 1 amide bonds. The summed E-state index contributed by atoms with van der Waals surface area (Å²) < 4.78 is 1.90. The molecule has 0 spiro atoms. The van der Waals surface area contributed by atoms with Crippen LogP contribution in [0.1, 0.15) is 26.6 Å². The number of amides is 1. The normalized spacial score (nSPS) is 13.5. The molecule has 0 aliphatic rings. The Bertz CT molecular complexity index is 391. The van der Waals surface area contributed by atoms with E-state index >= 15 is 0 Å². The van der Waals surface area contributed by atoms with Crippen molar-refractivity contribution in [3.63, 3.8) is 0 Å². The summed E-state index contributed by atoms with van der Waals surface area (Å²) in [5.74, 6) is 0.794. The Hall–Kier alpha value is -1.36. The topological polar surface area (TPSA) is 64.2 Å². The van der Waals surface area contributed by atoms with Crippen molar-refractivity contribution >= 4 is 5.91 Å². The monoisotopic (exact) mass is 238 g/mol. The fourth-order valence-electron chi connectivity index (χ4n) is 1.45. The second-order valence-corrected chi connectivity index (χ2v) is 5.49. The Morgan fingerprint density at radius 1 is 1.59 bits per heavy atom. The molecule has 1 aromatic rings. The Kier molecular flexibility index (Phi) is 3.93. The third kappa shape index (κ3) is 3.30. The van der Waals surface area contributed by atoms with Gasteiger partial charge in [-0.1, -0.05) is 20.8 Å². The Morgan fingerprint density at radius 3 is 2.59 bits per heavy atom. The van der Waals surface area contributed by atoms with Crippen LogP contribution in [0, 0.1) is 5.41 Å². The van der Waals surface area contributed by atoms with E-state index in [1.165, 1.54) is 0 Å². The van der Waals surface area contributed by atoms with Crippen molar-refractivity contribution in [3.8, 4) is 0 Å². The lowest BCUT2D eigenvalue weighted by atomic mass is 9.86. The van der Waals surface area contributed by atoms with Crippen molar-refractivity contribution in [2.45, 2.75) is 33.4 Å². The largest absolute Gasteiger partial charge is 0.337 e. The van der Waals surface area contributed by atoms with Gasteiger partial charge in [0.1, 0.15) is 5.82 Å². The molecular weight excluding hydrogens is 216 g/mol. The maximum Gasteiger partial charge on any atom is 0.240 e. The molecule has 1 unspecified atom stereocenters. The van der Waals surface area contributed by atoms with Crippen LogP contribution in [0.5, 0.6) is 0 Å². The maximum atomic E-state index is 12.1. The van der Waals surface area contributed by atoms with E-state index < -0.39 is 6.04 Å². The highest BCUT2D eigenvalue weighted by Crippen LogP contribution is 2.19. The van der Waals surface area contributed by atoms with E-state index in [0.717, 1.165) is 5.82 Å². The number of aromatic nitrogens is 2. The number of nitrogens with zero attached hydrogens (tertiary/aromatic N) is 3. The molecule has 0 radical (unpaired) electrons. The van der Waals surface area contributed by atoms with Crippen LogP contribution in [0.4, 0.5) is 0 Å². The lowest BCUT2D eigenvalue weighted by molar-refractivity contribution is -0.134. The van der Waals surface area contributed by atoms with Gasteiger partial charge in [0, 0.05) is 26.5 Å². The van der Waals surface area contributed by atoms with Gasteiger partial charge in [0.25, 0.3) is 0 Å². The Balaban J connectivity index is 2.68. The summed E-state index contributed by atoms with van der Waals surface area (Å²) in [7, 11) is 3.66. The zero-order valence-corrected chi connectivity index (χ0v) is 11.3. The molecule has 5 nitrogen and oxygen atoms in total. The first kappa shape index (κ1) is 13.7. The molecule has 1 heterocycles. The number of hydrogen-bond donors (Lipinski definition) is 1. The zero-order chi connectivity index (χ0) is 13.2. The van der Waals surface area contributed by atoms with Crippen LogP contribution in [0.3, 0.4) is 0 Å². The Labute approximate surface area is 103 Å². The molecule has 2 N–H and O–H groups in total. The molecule has 5 heteroatoms. The second-order valence-electron chi connectivity index (χ2n) is 5.49. The van der Waals surface area contributed by atoms with E-state index in [1.54, 1.807) is 18.1 Å². The fourth-order valence-corrected chi connectivity index (χ4v) is 1.45. The average Bonchev–Trinajstić information content (AvgIpc) is 2.61. The van der Waals surface area contributed by atoms with Crippen LogP contribution < -0.4 is 5.73 Å². The molecule has 1 atom stereocenters. The molecule has 1 rings (SSSR count). The standard InChI is InChI=1S/C12H22N4O/c1-12(2,3)10(13)11(17)16(5)8-9-14-6-7-15(9)4/h6-7,10H,8,13H2,1-5H3. The number of likely N-dealkylation sites (N-methyl/N-ethyl adjacent to an activating group) is 1. The first-order valence-corrected chi connectivity index (χ1v) is 5.70. The number of carbonyl (C=O) groups excluding carboxylic acids is 1. The molecule has 0 bridgehead atoms. The van der Waals surface area contributed by atoms with Crippen LogP contribution in [-0.4, -0.2) is 33.4 Å². The van der Waals surface area contributed by atoms with Crippen LogP contribution >= 0.6 is 0 Å². The van der Waals surface area contributed by atoms with E-state index in [9.17, 15) is 4.79 Å². The van der Waals surface area contributed by atoms with Gasteiger partial charge in [0.15, 0.2) is 0 Å². The summed E-state index contributed by atoms with van der Waals surface area (Å²) >= 11 is 0. The van der Waals surface area contributed by atoms with Gasteiger partial charge >= 0.3 is 0 Å². The smallest absolute Gasteiger partial charge is 0.240 e. The summed E-state index contributed by atoms with van der Waals surface area (Å²) in [6.45, 7) is 6.37. The predicted molar refractivity (Wildman–Crippen MR) is 67.1 cm³/mol. The van der Waals surface area contributed by atoms with Gasteiger partial charge in [-0.15, -0.1) is 0 Å². The van der Waals surface area contributed by atoms with Crippen molar-refractivity contribution in [1.29, 1.82) is 0 Å². The van der Waals surface area contributed by atoms with E-state index in [-0.39, 0.29) is 11.3 Å². The fraction of sp³-hybridized carbons (Fsp3) is 0.667. The SMILES string of the molecule is CN(Cc1nccn1C)C(=O)C(N)C(C)(C)C. The van der Waals surface area contributed by atoms with Crippen LogP contribution in [0.25, 0.3) is 0 Å². The van der Waals surface area contributed by atoms with E-state index in [1.807, 2.05) is 38.6 Å². The zero-order valence-electron chi connectivity index (χ0n) is 11.3. The molecule has 1 aromatic heterocycles. The molecule has 0 aliphatic heterocycles. The minimum Gasteiger partial charge on any atom is -0.337 e. The van der Waals surface area contributed by atoms with Crippen molar-refractivity contribution in [1.82, 2.24) is 14.5 Å². The molecule has 0 aliphatic carbocycles. The predicted octanol–water partition coefficient (Wildman–Crippen LogP) is 0.752. The van der Waals surface area contributed by atoms with Crippen LogP contribution in [0.2, 0.25) is 0 Å². The first-order chi connectivity index (χ1) is 7.73. The highest BCUT2D eigenvalue weighted by molar-refractivity contribution is 5.82. The van der Waals surface area contributed by atoms with Gasteiger partial charge in [0.05, 0.1) is 12.6 Å². The third-order valence-corrected chi connectivity index (χ3v) is 2.87. The molecule has 0 fully saturated rings. The second kappa shape index (κ2) is 4.87. The summed E-state index contributed by atoms with van der Waals surface area (Å²) in [6.07, 6.45) is 3.58. The van der Waals surface area contributed by atoms with Gasteiger partial charge in [-0.3, -0.25) is 4.79 Å². The van der Waals surface area contributed by atoms with Gasteiger partial charge in [0.2, 0.25) is 5.91 Å². The third-order valence-electron chi connectivity index (χ3n) is 2.87. The minimum absolute atomic E-state index is 0.0551. The van der Waals surface area contributed by atoms with Gasteiger partial charge in [-0.2, -0.15) is 0 Å². The van der Waals surface area contributed by atoms with Crippen molar-refractivity contribution in [2.75, 3.05) is 7.05 Å². The Morgan fingerprint density at radius 2 is 2.18 bits per heavy atom. The minimum atomic E-state index is -0.493. The van der Waals surface area contributed by atoms with Crippen molar-refractivity contribution in [2.24, 2.45) is 18.2 Å². The summed E-state index contributed by atoms with van der Waals surface area (Å²) in [5.41, 5.74) is 5.71. The van der Waals surface area contributed by atoms with E-state index in [0.29, 0.717) is 6.54 Å². The van der Waals surface area contributed by atoms with E-state index in [4.69, 9.17) is 5.73 Å². The molecule has 0 aromatic carbocycles. The number of rotatable bonds is 3. The number of carbonyl (C=O) groups is 1. The number of imidazole rings is 1. The van der Waals surface area contributed by atoms with Crippen molar-refractivity contribution in [3.05, 3.63) is 18.2 Å². The lowest BCUT2D eigenvalue weighted by Gasteiger charge is -2.29. The summed E-state index contributed by atoms with van der Waals surface area (Å²) in [5, 5.41) is 0. The number of nitrogens with two attached hydrogens (primary N) is 1. The van der Waals surface area contributed by atoms with E-state index in [2.05, 4.69) is 4.98 Å². The molecule has 0 saturated heterocycles. The van der Waals surface area contributed by atoms with Crippen molar-refractivity contribution < 1.29 is 4.79 Å². The average molecular weight is 238 g/mol. The molecule has 96 valence electrons. The number of hydrogen-bond acceptors (Lipinski definition) is 3. The summed E-state index contributed by atoms with van der Waals surface area (Å²) in [4.78, 5) is 17.9. The summed E-state index contributed by atoms with van der Waals surface area (Å²) in [6, 6.07) is -0.493. The maximum absolute atomic E-state index is 12.1. The number of aryl methyl sites for hydroxylation is 1. The highest BCUT2D eigenvalue weighted by atomic mass is 16.2. The molecular formula is C12H22N4O. The molecule has 0 saturated carbocycles. The van der Waals surface area contributed by atoms with Gasteiger partial charge in [-0.25, -0.2) is 4.98 Å². The lowest BCUT2D eigenvalue weighted by Crippen LogP contribution is -2.49.